The van der Waals surface area contributed by atoms with Gasteiger partial charge in [0.1, 0.15) is 17.3 Å². The summed E-state index contributed by atoms with van der Waals surface area (Å²) < 4.78 is 42.5. The first-order valence-corrected chi connectivity index (χ1v) is 9.17. The van der Waals surface area contributed by atoms with E-state index in [0.717, 1.165) is 6.07 Å². The minimum Gasteiger partial charge on any atom is -0.494 e. The summed E-state index contributed by atoms with van der Waals surface area (Å²) in [6.07, 6.45) is 0. The lowest BCUT2D eigenvalue weighted by atomic mass is 10.2. The molecule has 0 saturated carbocycles. The van der Waals surface area contributed by atoms with Crippen molar-refractivity contribution in [1.82, 2.24) is 0 Å². The predicted molar refractivity (Wildman–Crippen MR) is 90.1 cm³/mol. The van der Waals surface area contributed by atoms with Crippen molar-refractivity contribution in [3.8, 4) is 5.75 Å². The van der Waals surface area contributed by atoms with Gasteiger partial charge in [0.25, 0.3) is 0 Å². The fraction of sp³-hybridized carbons (Fsp3) is 0.235. The van der Waals surface area contributed by atoms with Crippen LogP contribution in [0.2, 0.25) is 0 Å². The summed E-state index contributed by atoms with van der Waals surface area (Å²) in [6, 6.07) is 11.9. The van der Waals surface area contributed by atoms with Crippen LogP contribution in [0.1, 0.15) is 12.5 Å². The Morgan fingerprint density at radius 3 is 2.50 bits per heavy atom. The van der Waals surface area contributed by atoms with E-state index in [1.54, 1.807) is 24.3 Å². The van der Waals surface area contributed by atoms with Crippen molar-refractivity contribution in [3.63, 3.8) is 0 Å². The third-order valence-electron chi connectivity index (χ3n) is 3.08. The van der Waals surface area contributed by atoms with E-state index in [0.29, 0.717) is 23.6 Å². The maximum atomic E-state index is 13.1. The molecule has 2 rings (SSSR count). The Labute approximate surface area is 140 Å². The molecule has 0 radical (unpaired) electrons. The van der Waals surface area contributed by atoms with Crippen LogP contribution in [0.4, 0.5) is 10.1 Å². The highest BCUT2D eigenvalue weighted by molar-refractivity contribution is 7.91. The summed E-state index contributed by atoms with van der Waals surface area (Å²) in [6.45, 7) is 2.39. The van der Waals surface area contributed by atoms with Gasteiger partial charge in [0.05, 0.1) is 12.4 Å². The van der Waals surface area contributed by atoms with Crippen LogP contribution in [0.25, 0.3) is 0 Å². The highest BCUT2D eigenvalue weighted by Crippen LogP contribution is 2.16. The molecule has 7 heteroatoms. The average molecular weight is 351 g/mol. The van der Waals surface area contributed by atoms with Crippen LogP contribution in [0.5, 0.6) is 5.75 Å². The van der Waals surface area contributed by atoms with Crippen LogP contribution in [0.3, 0.4) is 0 Å². The molecule has 0 fully saturated rings. The van der Waals surface area contributed by atoms with Crippen LogP contribution in [0, 0.1) is 5.82 Å². The lowest BCUT2D eigenvalue weighted by Crippen LogP contribution is -2.24. The normalized spacial score (nSPS) is 11.1. The topological polar surface area (TPSA) is 72.5 Å². The van der Waals surface area contributed by atoms with Gasteiger partial charge >= 0.3 is 0 Å². The number of nitrogens with one attached hydrogen (secondary N) is 1. The average Bonchev–Trinajstić information content (AvgIpc) is 2.48. The first-order chi connectivity index (χ1) is 11.4. The smallest absolute Gasteiger partial charge is 0.239 e. The highest BCUT2D eigenvalue weighted by atomic mass is 32.2. The molecule has 2 aromatic carbocycles. The molecule has 2 aromatic rings. The molecule has 128 valence electrons. The van der Waals surface area contributed by atoms with Gasteiger partial charge in [-0.2, -0.15) is 0 Å². The summed E-state index contributed by atoms with van der Waals surface area (Å²) in [5.41, 5.74) is 0.785. The molecule has 0 unspecified atom stereocenters. The van der Waals surface area contributed by atoms with E-state index >= 15 is 0 Å². The van der Waals surface area contributed by atoms with E-state index < -0.39 is 27.3 Å². The number of rotatable bonds is 7. The van der Waals surface area contributed by atoms with E-state index in [9.17, 15) is 17.6 Å². The Bertz CT molecular complexity index is 804. The van der Waals surface area contributed by atoms with Crippen molar-refractivity contribution in [2.24, 2.45) is 0 Å². The number of benzene rings is 2. The number of hydrogen-bond acceptors (Lipinski definition) is 4. The summed E-state index contributed by atoms with van der Waals surface area (Å²) in [7, 11) is -3.69. The minimum absolute atomic E-state index is 0.309. The molecule has 0 heterocycles. The number of carbonyl (C=O) groups excluding carboxylic acids is 1. The lowest BCUT2D eigenvalue weighted by Gasteiger charge is -2.08. The summed E-state index contributed by atoms with van der Waals surface area (Å²) >= 11 is 0. The van der Waals surface area contributed by atoms with Crippen LogP contribution >= 0.6 is 0 Å². The van der Waals surface area contributed by atoms with Crippen LogP contribution in [-0.2, 0) is 20.4 Å². The second-order valence-electron chi connectivity index (χ2n) is 5.17. The molecule has 0 spiro atoms. The number of anilines is 1. The first kappa shape index (κ1) is 17.9. The van der Waals surface area contributed by atoms with Gasteiger partial charge in [0.2, 0.25) is 5.91 Å². The number of carbonyl (C=O) groups is 1. The zero-order valence-corrected chi connectivity index (χ0v) is 14.0. The monoisotopic (exact) mass is 351 g/mol. The first-order valence-electron chi connectivity index (χ1n) is 7.35. The molecule has 0 aliphatic rings. The second-order valence-corrected chi connectivity index (χ2v) is 7.23. The number of halogens is 1. The van der Waals surface area contributed by atoms with Gasteiger partial charge in [0.15, 0.2) is 9.84 Å². The summed E-state index contributed by atoms with van der Waals surface area (Å²) in [5.74, 6) is -1.55. The third kappa shape index (κ3) is 5.66. The third-order valence-corrected chi connectivity index (χ3v) is 4.55. The van der Waals surface area contributed by atoms with Gasteiger partial charge in [-0.1, -0.05) is 12.1 Å². The van der Waals surface area contributed by atoms with E-state index in [2.05, 4.69) is 5.32 Å². The Hall–Kier alpha value is -2.41. The maximum absolute atomic E-state index is 13.1. The van der Waals surface area contributed by atoms with Crippen LogP contribution in [-0.4, -0.2) is 26.7 Å². The molecule has 1 amide bonds. The fourth-order valence-corrected chi connectivity index (χ4v) is 3.39. The van der Waals surface area contributed by atoms with Crippen molar-refractivity contribution in [1.29, 1.82) is 0 Å². The standard InChI is InChI=1S/C17H18FNO4S/c1-2-23-16-8-6-15(7-9-16)19-17(20)12-24(21,22)11-13-4-3-5-14(18)10-13/h3-10H,2,11-12H2,1H3,(H,19,20). The number of sulfone groups is 1. The molecule has 0 atom stereocenters. The molecule has 0 bridgehead atoms. The molecular formula is C17H18FNO4S. The molecule has 0 aliphatic carbocycles. The lowest BCUT2D eigenvalue weighted by molar-refractivity contribution is -0.113. The molecule has 24 heavy (non-hydrogen) atoms. The molecule has 0 saturated heterocycles. The fourth-order valence-electron chi connectivity index (χ4n) is 2.13. The molecule has 5 nitrogen and oxygen atoms in total. The maximum Gasteiger partial charge on any atom is 0.239 e. The van der Waals surface area contributed by atoms with E-state index in [1.165, 1.54) is 18.2 Å². The highest BCUT2D eigenvalue weighted by Gasteiger charge is 2.18. The zero-order chi connectivity index (χ0) is 17.6. The summed E-state index contributed by atoms with van der Waals surface area (Å²) in [5, 5.41) is 2.52. The second kappa shape index (κ2) is 7.92. The number of ether oxygens (including phenoxy) is 1. The Morgan fingerprint density at radius 1 is 1.17 bits per heavy atom. The van der Waals surface area contributed by atoms with Gasteiger partial charge in [-0.25, -0.2) is 12.8 Å². The van der Waals surface area contributed by atoms with Gasteiger partial charge in [0, 0.05) is 5.69 Å². The van der Waals surface area contributed by atoms with E-state index in [1.807, 2.05) is 6.92 Å². The van der Waals surface area contributed by atoms with Crippen molar-refractivity contribution in [3.05, 3.63) is 59.9 Å². The molecular weight excluding hydrogens is 333 g/mol. The predicted octanol–water partition coefficient (Wildman–Crippen LogP) is 2.78. The summed E-state index contributed by atoms with van der Waals surface area (Å²) in [4.78, 5) is 11.9. The molecule has 0 aromatic heterocycles. The number of amides is 1. The SMILES string of the molecule is CCOc1ccc(NC(=O)CS(=O)(=O)Cc2cccc(F)c2)cc1. The van der Waals surface area contributed by atoms with E-state index in [-0.39, 0.29) is 5.75 Å². The van der Waals surface area contributed by atoms with Gasteiger partial charge < -0.3 is 10.1 Å². The Kier molecular flexibility index (Phi) is 5.92. The van der Waals surface area contributed by atoms with E-state index in [4.69, 9.17) is 4.74 Å². The molecule has 1 N–H and O–H groups in total. The van der Waals surface area contributed by atoms with Gasteiger partial charge in [-0.15, -0.1) is 0 Å². The van der Waals surface area contributed by atoms with Crippen molar-refractivity contribution in [2.75, 3.05) is 17.7 Å². The Balaban J connectivity index is 1.95. The minimum atomic E-state index is -3.69. The van der Waals surface area contributed by atoms with Crippen molar-refractivity contribution < 1.29 is 22.3 Å². The van der Waals surface area contributed by atoms with Gasteiger partial charge in [-0.05, 0) is 48.9 Å². The quantitative estimate of drug-likeness (QED) is 0.832. The zero-order valence-electron chi connectivity index (χ0n) is 13.2. The number of hydrogen-bond donors (Lipinski definition) is 1. The van der Waals surface area contributed by atoms with Crippen molar-refractivity contribution >= 4 is 21.4 Å². The van der Waals surface area contributed by atoms with Crippen LogP contribution in [0.15, 0.2) is 48.5 Å². The van der Waals surface area contributed by atoms with Crippen LogP contribution < -0.4 is 10.1 Å². The van der Waals surface area contributed by atoms with Gasteiger partial charge in [-0.3, -0.25) is 4.79 Å². The molecule has 0 aliphatic heterocycles. The Morgan fingerprint density at radius 2 is 1.88 bits per heavy atom. The van der Waals surface area contributed by atoms with Crippen molar-refractivity contribution in [2.45, 2.75) is 12.7 Å². The largest absolute Gasteiger partial charge is 0.494 e.